The van der Waals surface area contributed by atoms with Crippen LogP contribution in [0.15, 0.2) is 5.11 Å². The van der Waals surface area contributed by atoms with Gasteiger partial charge in [-0.2, -0.15) is 0 Å². The van der Waals surface area contributed by atoms with Gasteiger partial charge in [-0.25, -0.2) is 13.1 Å². The van der Waals surface area contributed by atoms with Gasteiger partial charge in [0.1, 0.15) is 0 Å². The predicted molar refractivity (Wildman–Crippen MR) is 48.6 cm³/mol. The second-order valence-electron chi connectivity index (χ2n) is 2.95. The van der Waals surface area contributed by atoms with E-state index >= 15 is 0 Å². The summed E-state index contributed by atoms with van der Waals surface area (Å²) in [4.78, 5) is 2.56. The molecule has 6 nitrogen and oxygen atoms in total. The minimum absolute atomic E-state index is 0.174. The van der Waals surface area contributed by atoms with E-state index in [1.165, 1.54) is 0 Å². The van der Waals surface area contributed by atoms with Gasteiger partial charge in [-0.05, 0) is 24.8 Å². The Labute approximate surface area is 77.0 Å². The van der Waals surface area contributed by atoms with Gasteiger partial charge in [-0.3, -0.25) is 0 Å². The molecule has 0 spiro atoms. The monoisotopic (exact) mass is 204 g/mol. The fourth-order valence-electron chi connectivity index (χ4n) is 0.905. The molecule has 0 heterocycles. The fourth-order valence-corrected chi connectivity index (χ4v) is 2.33. The predicted octanol–water partition coefficient (Wildman–Crippen LogP) is 0.769. The molecule has 13 heavy (non-hydrogen) atoms. The Bertz CT molecular complexity index is 303. The molecule has 0 aromatic rings. The third kappa shape index (κ3) is 3.63. The van der Waals surface area contributed by atoms with Gasteiger partial charge in [0.15, 0.2) is 0 Å². The van der Waals surface area contributed by atoms with E-state index < -0.39 is 10.0 Å². The lowest BCUT2D eigenvalue weighted by atomic mass is 10.4. The smallest absolute Gasteiger partial charge is 0.214 e. The Hall–Kier alpha value is -0.780. The summed E-state index contributed by atoms with van der Waals surface area (Å²) in [5.41, 5.74) is 7.94. The lowest BCUT2D eigenvalue weighted by molar-refractivity contribution is 0.578. The molecule has 0 aliphatic heterocycles. The molecule has 0 saturated heterocycles. The Morgan fingerprint density at radius 2 is 2.23 bits per heavy atom. The van der Waals surface area contributed by atoms with Gasteiger partial charge in [0.05, 0.1) is 5.25 Å². The second kappa shape index (κ2) is 4.45. The average molecular weight is 204 g/mol. The summed E-state index contributed by atoms with van der Waals surface area (Å²) in [6.45, 7) is 0.696. The molecule has 0 aromatic carbocycles. The first kappa shape index (κ1) is 10.3. The van der Waals surface area contributed by atoms with Crippen molar-refractivity contribution in [1.82, 2.24) is 4.72 Å². The van der Waals surface area contributed by atoms with Crippen LogP contribution in [0, 0.1) is 0 Å². The number of nitrogens with zero attached hydrogens (tertiary/aromatic N) is 3. The first-order valence-corrected chi connectivity index (χ1v) is 5.71. The highest BCUT2D eigenvalue weighted by atomic mass is 32.2. The lowest BCUT2D eigenvalue weighted by Gasteiger charge is -2.02. The van der Waals surface area contributed by atoms with Crippen molar-refractivity contribution in [3.8, 4) is 0 Å². The molecule has 0 radical (unpaired) electrons. The molecule has 1 aliphatic rings. The normalized spacial score (nSPS) is 16.6. The third-order valence-electron chi connectivity index (χ3n) is 1.76. The van der Waals surface area contributed by atoms with E-state index in [1.54, 1.807) is 0 Å². The van der Waals surface area contributed by atoms with Gasteiger partial charge in [-0.15, -0.1) is 0 Å². The molecular formula is C6H12N4O2S. The van der Waals surface area contributed by atoms with E-state index in [-0.39, 0.29) is 5.25 Å². The zero-order valence-corrected chi connectivity index (χ0v) is 8.00. The van der Waals surface area contributed by atoms with Gasteiger partial charge in [0.2, 0.25) is 10.0 Å². The van der Waals surface area contributed by atoms with Crippen LogP contribution in [-0.4, -0.2) is 26.8 Å². The minimum atomic E-state index is -3.06. The van der Waals surface area contributed by atoms with E-state index in [2.05, 4.69) is 14.7 Å². The number of hydrogen-bond acceptors (Lipinski definition) is 3. The average Bonchev–Trinajstić information content (AvgIpc) is 2.86. The van der Waals surface area contributed by atoms with Crippen LogP contribution in [-0.2, 0) is 10.0 Å². The summed E-state index contributed by atoms with van der Waals surface area (Å²) in [6, 6.07) is 0. The number of azide groups is 1. The molecule has 0 atom stereocenters. The minimum Gasteiger partial charge on any atom is -0.215 e. The van der Waals surface area contributed by atoms with Crippen LogP contribution in [0.3, 0.4) is 0 Å². The van der Waals surface area contributed by atoms with Crippen molar-refractivity contribution in [2.75, 3.05) is 13.1 Å². The maximum Gasteiger partial charge on any atom is 0.214 e. The van der Waals surface area contributed by atoms with Gasteiger partial charge >= 0.3 is 0 Å². The van der Waals surface area contributed by atoms with Crippen LogP contribution in [0.4, 0.5) is 0 Å². The molecule has 1 N–H and O–H groups in total. The Kier molecular flexibility index (Phi) is 3.53. The zero-order chi connectivity index (χ0) is 9.73. The number of rotatable bonds is 6. The van der Waals surface area contributed by atoms with Crippen molar-refractivity contribution in [1.29, 1.82) is 0 Å². The molecule has 1 aliphatic carbocycles. The van der Waals surface area contributed by atoms with E-state index in [1.807, 2.05) is 0 Å². The van der Waals surface area contributed by atoms with Crippen molar-refractivity contribution < 1.29 is 8.42 Å². The first-order valence-electron chi connectivity index (χ1n) is 4.16. The van der Waals surface area contributed by atoms with Crippen LogP contribution >= 0.6 is 0 Å². The number of sulfonamides is 1. The molecule has 0 amide bonds. The topological polar surface area (TPSA) is 94.9 Å². The number of nitrogens with one attached hydrogen (secondary N) is 1. The molecular weight excluding hydrogens is 192 g/mol. The van der Waals surface area contributed by atoms with Crippen molar-refractivity contribution >= 4 is 10.0 Å². The SMILES string of the molecule is [N-]=[N+]=NCCCNS(=O)(=O)C1CC1. The summed E-state index contributed by atoms with van der Waals surface area (Å²) < 4.78 is 24.9. The standard InChI is InChI=1S/C6H12N4O2S/c7-10-8-4-1-5-9-13(11,12)6-2-3-6/h6,9H,1-5H2. The van der Waals surface area contributed by atoms with Crippen molar-refractivity contribution in [3.63, 3.8) is 0 Å². The molecule has 0 bridgehead atoms. The van der Waals surface area contributed by atoms with E-state index in [0.29, 0.717) is 19.5 Å². The largest absolute Gasteiger partial charge is 0.215 e. The fraction of sp³-hybridized carbons (Fsp3) is 1.00. The quantitative estimate of drug-likeness (QED) is 0.299. The Morgan fingerprint density at radius 3 is 2.77 bits per heavy atom. The second-order valence-corrected chi connectivity index (χ2v) is 4.99. The highest BCUT2D eigenvalue weighted by Crippen LogP contribution is 2.27. The van der Waals surface area contributed by atoms with Gasteiger partial charge in [0, 0.05) is 18.0 Å². The molecule has 1 rings (SSSR count). The molecule has 0 aromatic heterocycles. The maximum absolute atomic E-state index is 11.2. The Morgan fingerprint density at radius 1 is 1.54 bits per heavy atom. The molecule has 0 unspecified atom stereocenters. The van der Waals surface area contributed by atoms with E-state index in [4.69, 9.17) is 5.53 Å². The first-order chi connectivity index (χ1) is 6.17. The summed E-state index contributed by atoms with van der Waals surface area (Å²) >= 11 is 0. The van der Waals surface area contributed by atoms with Crippen LogP contribution in [0.25, 0.3) is 10.4 Å². The molecule has 1 fully saturated rings. The van der Waals surface area contributed by atoms with Crippen LogP contribution < -0.4 is 4.72 Å². The van der Waals surface area contributed by atoms with E-state index in [9.17, 15) is 8.42 Å². The number of hydrogen-bond donors (Lipinski definition) is 1. The highest BCUT2D eigenvalue weighted by molar-refractivity contribution is 7.90. The summed E-state index contributed by atoms with van der Waals surface area (Å²) in [6.07, 6.45) is 2.09. The van der Waals surface area contributed by atoms with Crippen molar-refractivity contribution in [2.24, 2.45) is 5.11 Å². The molecule has 74 valence electrons. The third-order valence-corrected chi connectivity index (χ3v) is 3.72. The summed E-state index contributed by atoms with van der Waals surface area (Å²) in [5.74, 6) is 0. The van der Waals surface area contributed by atoms with Crippen LogP contribution in [0.2, 0.25) is 0 Å². The summed E-state index contributed by atoms with van der Waals surface area (Å²) in [7, 11) is -3.06. The summed E-state index contributed by atoms with van der Waals surface area (Å²) in [5, 5.41) is 3.12. The van der Waals surface area contributed by atoms with Crippen LogP contribution in [0.5, 0.6) is 0 Å². The molecule has 7 heteroatoms. The van der Waals surface area contributed by atoms with Gasteiger partial charge in [-0.1, -0.05) is 5.11 Å². The zero-order valence-electron chi connectivity index (χ0n) is 7.18. The highest BCUT2D eigenvalue weighted by Gasteiger charge is 2.34. The van der Waals surface area contributed by atoms with Crippen molar-refractivity contribution in [3.05, 3.63) is 10.4 Å². The van der Waals surface area contributed by atoms with Gasteiger partial charge < -0.3 is 0 Å². The van der Waals surface area contributed by atoms with Crippen LogP contribution in [0.1, 0.15) is 19.3 Å². The lowest BCUT2D eigenvalue weighted by Crippen LogP contribution is -2.28. The Balaban J connectivity index is 2.14. The molecule has 1 saturated carbocycles. The van der Waals surface area contributed by atoms with Gasteiger partial charge in [0.25, 0.3) is 0 Å². The van der Waals surface area contributed by atoms with Crippen molar-refractivity contribution in [2.45, 2.75) is 24.5 Å². The van der Waals surface area contributed by atoms with E-state index in [0.717, 1.165) is 12.8 Å². The maximum atomic E-state index is 11.2.